The Balaban J connectivity index is 1.96. The van der Waals surface area contributed by atoms with Crippen molar-refractivity contribution in [2.45, 2.75) is 39.2 Å². The zero-order chi connectivity index (χ0) is 17.3. The molecule has 0 aliphatic heterocycles. The van der Waals surface area contributed by atoms with Crippen molar-refractivity contribution in [3.8, 4) is 5.75 Å². The molecule has 3 rings (SSSR count). The second-order valence-corrected chi connectivity index (χ2v) is 6.61. The fraction of sp³-hybridized carbons (Fsp3) is 0.316. The minimum Gasteiger partial charge on any atom is -0.508 e. The van der Waals surface area contributed by atoms with E-state index in [1.807, 2.05) is 45.0 Å². The van der Waals surface area contributed by atoms with Crippen molar-refractivity contribution in [1.29, 1.82) is 0 Å². The molecular weight excluding hydrogens is 302 g/mol. The fourth-order valence-electron chi connectivity index (χ4n) is 2.87. The normalized spacial score (nSPS) is 11.8. The Kier molecular flexibility index (Phi) is 4.09. The van der Waals surface area contributed by atoms with Gasteiger partial charge in [0.15, 0.2) is 5.78 Å². The largest absolute Gasteiger partial charge is 0.508 e. The molecule has 1 heterocycles. The number of rotatable bonds is 5. The molecule has 24 heavy (non-hydrogen) atoms. The lowest BCUT2D eigenvalue weighted by atomic mass is 9.83. The van der Waals surface area contributed by atoms with Crippen molar-refractivity contribution >= 4 is 16.8 Å². The summed E-state index contributed by atoms with van der Waals surface area (Å²) < 4.78 is 0. The van der Waals surface area contributed by atoms with E-state index in [9.17, 15) is 9.90 Å². The third-order valence-electron chi connectivity index (χ3n) is 4.23. The van der Waals surface area contributed by atoms with Gasteiger partial charge < -0.3 is 5.11 Å². The number of carbonyl (C=O) groups is 1. The summed E-state index contributed by atoms with van der Waals surface area (Å²) in [6.45, 7) is 6.35. The first-order chi connectivity index (χ1) is 11.4. The van der Waals surface area contributed by atoms with Crippen LogP contribution in [0.5, 0.6) is 5.75 Å². The molecule has 0 radical (unpaired) electrons. The van der Waals surface area contributed by atoms with E-state index >= 15 is 0 Å². The molecule has 0 bridgehead atoms. The van der Waals surface area contributed by atoms with E-state index in [1.165, 1.54) is 0 Å². The first-order valence-electron chi connectivity index (χ1n) is 8.07. The molecule has 2 aromatic carbocycles. The number of aromatic hydroxyl groups is 1. The summed E-state index contributed by atoms with van der Waals surface area (Å²) in [6.07, 6.45) is 0.441. The van der Waals surface area contributed by atoms with Gasteiger partial charge in [0.05, 0.1) is 6.54 Å². The van der Waals surface area contributed by atoms with Gasteiger partial charge in [-0.05, 0) is 30.3 Å². The molecule has 124 valence electrons. The van der Waals surface area contributed by atoms with Crippen molar-refractivity contribution in [3.63, 3.8) is 0 Å². The van der Waals surface area contributed by atoms with Crippen molar-refractivity contribution in [2.24, 2.45) is 0 Å². The van der Waals surface area contributed by atoms with Crippen LogP contribution < -0.4 is 0 Å². The Morgan fingerprint density at radius 1 is 1.12 bits per heavy atom. The third-order valence-corrected chi connectivity index (χ3v) is 4.23. The van der Waals surface area contributed by atoms with Crippen LogP contribution in [0.3, 0.4) is 0 Å². The highest BCUT2D eigenvalue weighted by Gasteiger charge is 2.27. The van der Waals surface area contributed by atoms with Crippen LogP contribution in [0.1, 0.15) is 43.1 Å². The number of hydrogen-bond donors (Lipinski definition) is 1. The van der Waals surface area contributed by atoms with E-state index in [-0.39, 0.29) is 11.5 Å². The molecular formula is C19H21N3O2. The molecule has 0 saturated heterocycles. The number of ketones is 1. The van der Waals surface area contributed by atoms with Gasteiger partial charge in [0.2, 0.25) is 0 Å². The minimum atomic E-state index is -0.427. The molecule has 1 N–H and O–H groups in total. The molecule has 0 fully saturated rings. The van der Waals surface area contributed by atoms with Gasteiger partial charge in [-0.3, -0.25) is 4.79 Å². The molecule has 5 heteroatoms. The quantitative estimate of drug-likeness (QED) is 0.727. The van der Waals surface area contributed by atoms with Gasteiger partial charge in [-0.25, -0.2) is 0 Å². The first-order valence-corrected chi connectivity index (χ1v) is 8.07. The number of aromatic nitrogens is 3. The number of benzene rings is 2. The Hall–Kier alpha value is -2.69. The summed E-state index contributed by atoms with van der Waals surface area (Å²) in [6, 6.07) is 12.7. The number of phenols is 1. The highest BCUT2D eigenvalue weighted by atomic mass is 16.3. The Bertz CT molecular complexity index is 864. The number of carbonyl (C=O) groups excluding carboxylic acids is 1. The van der Waals surface area contributed by atoms with Crippen LogP contribution in [-0.4, -0.2) is 25.9 Å². The van der Waals surface area contributed by atoms with Crippen molar-refractivity contribution in [1.82, 2.24) is 15.0 Å². The van der Waals surface area contributed by atoms with Gasteiger partial charge in [-0.15, -0.1) is 0 Å². The van der Waals surface area contributed by atoms with E-state index in [2.05, 4.69) is 10.2 Å². The van der Waals surface area contributed by atoms with Gasteiger partial charge in [0.1, 0.15) is 16.8 Å². The van der Waals surface area contributed by atoms with Crippen molar-refractivity contribution < 1.29 is 9.90 Å². The van der Waals surface area contributed by atoms with Crippen LogP contribution in [0, 0.1) is 0 Å². The molecule has 0 aliphatic rings. The molecule has 0 amide bonds. The molecule has 0 saturated carbocycles. The number of hydrogen-bond acceptors (Lipinski definition) is 4. The maximum absolute atomic E-state index is 12.0. The van der Waals surface area contributed by atoms with E-state index in [0.717, 1.165) is 16.6 Å². The highest BCUT2D eigenvalue weighted by Crippen LogP contribution is 2.33. The van der Waals surface area contributed by atoms with Gasteiger partial charge >= 0.3 is 0 Å². The number of fused-ring (bicyclic) bond motifs is 1. The third kappa shape index (κ3) is 3.02. The summed E-state index contributed by atoms with van der Waals surface area (Å²) in [5.74, 6) is 0.249. The summed E-state index contributed by atoms with van der Waals surface area (Å²) >= 11 is 0. The summed E-state index contributed by atoms with van der Waals surface area (Å²) in [5, 5.41) is 19.2. The lowest BCUT2D eigenvalue weighted by Crippen LogP contribution is -2.26. The lowest BCUT2D eigenvalue weighted by Gasteiger charge is -2.25. The second kappa shape index (κ2) is 6.07. The average molecular weight is 323 g/mol. The van der Waals surface area contributed by atoms with Gasteiger partial charge in [0.25, 0.3) is 0 Å². The minimum absolute atomic E-state index is 0.0648. The smallest absolute Gasteiger partial charge is 0.162 e. The predicted octanol–water partition coefficient (Wildman–Crippen LogP) is 3.71. The molecule has 3 aromatic rings. The van der Waals surface area contributed by atoms with E-state index in [0.29, 0.717) is 18.5 Å². The monoisotopic (exact) mass is 323 g/mol. The molecule has 0 aliphatic carbocycles. The van der Waals surface area contributed by atoms with E-state index < -0.39 is 5.41 Å². The summed E-state index contributed by atoms with van der Waals surface area (Å²) in [7, 11) is 0. The topological polar surface area (TPSA) is 68.0 Å². The molecule has 5 nitrogen and oxygen atoms in total. The van der Waals surface area contributed by atoms with Gasteiger partial charge in [-0.2, -0.15) is 15.0 Å². The van der Waals surface area contributed by atoms with Crippen LogP contribution in [-0.2, 0) is 12.0 Å². The zero-order valence-electron chi connectivity index (χ0n) is 14.2. The SMILES string of the molecule is CCC(=O)c1ccc(O)c(C(C)(C)Cn2nc3ccccc3n2)c1. The summed E-state index contributed by atoms with van der Waals surface area (Å²) in [4.78, 5) is 13.6. The highest BCUT2D eigenvalue weighted by molar-refractivity contribution is 5.96. The Labute approximate surface area is 140 Å². The number of phenolic OH excluding ortho intramolecular Hbond substituents is 1. The fourth-order valence-corrected chi connectivity index (χ4v) is 2.87. The Morgan fingerprint density at radius 2 is 1.75 bits per heavy atom. The second-order valence-electron chi connectivity index (χ2n) is 6.61. The lowest BCUT2D eigenvalue weighted by molar-refractivity contribution is 0.0988. The number of Topliss-reactive ketones (excluding diaryl/α,β-unsaturated/α-hetero) is 1. The zero-order valence-corrected chi connectivity index (χ0v) is 14.2. The predicted molar refractivity (Wildman–Crippen MR) is 93.3 cm³/mol. The van der Waals surface area contributed by atoms with Gasteiger partial charge in [-0.1, -0.05) is 32.9 Å². The maximum Gasteiger partial charge on any atom is 0.162 e. The Morgan fingerprint density at radius 3 is 2.33 bits per heavy atom. The van der Waals surface area contributed by atoms with Crippen LogP contribution >= 0.6 is 0 Å². The van der Waals surface area contributed by atoms with Crippen LogP contribution in [0.2, 0.25) is 0 Å². The van der Waals surface area contributed by atoms with Gasteiger partial charge in [0, 0.05) is 23.0 Å². The maximum atomic E-state index is 12.0. The standard InChI is InChI=1S/C19H21N3O2/c1-4-17(23)13-9-10-18(24)14(11-13)19(2,3)12-22-20-15-7-5-6-8-16(15)21-22/h5-11,24H,4,12H2,1-3H3. The average Bonchev–Trinajstić information content (AvgIpc) is 2.95. The van der Waals surface area contributed by atoms with Crippen LogP contribution in [0.4, 0.5) is 0 Å². The molecule has 0 atom stereocenters. The van der Waals surface area contributed by atoms with Crippen molar-refractivity contribution in [3.05, 3.63) is 53.6 Å². The summed E-state index contributed by atoms with van der Waals surface area (Å²) in [5.41, 5.74) is 2.60. The molecule has 1 aromatic heterocycles. The molecule has 0 unspecified atom stereocenters. The van der Waals surface area contributed by atoms with Crippen molar-refractivity contribution in [2.75, 3.05) is 0 Å². The van der Waals surface area contributed by atoms with E-state index in [4.69, 9.17) is 0 Å². The first kappa shape index (κ1) is 16.2. The molecule has 0 spiro atoms. The van der Waals surface area contributed by atoms with Crippen LogP contribution in [0.25, 0.3) is 11.0 Å². The number of nitrogens with zero attached hydrogens (tertiary/aromatic N) is 3. The van der Waals surface area contributed by atoms with Crippen LogP contribution in [0.15, 0.2) is 42.5 Å². The van der Waals surface area contributed by atoms with E-state index in [1.54, 1.807) is 23.0 Å².